The number of esters is 1. The first-order valence-electron chi connectivity index (χ1n) is 7.10. The molecule has 1 aromatic carbocycles. The van der Waals surface area contributed by atoms with E-state index < -0.39 is 11.8 Å². The third-order valence-electron chi connectivity index (χ3n) is 3.50. The fraction of sp³-hybridized carbons (Fsp3) is 0.176. The quantitative estimate of drug-likeness (QED) is 0.400. The molecule has 0 atom stereocenters. The number of thiazole rings is 1. The average molecular weight is 348 g/mol. The van der Waals surface area contributed by atoms with Crippen LogP contribution < -0.4 is 0 Å². The number of aromatic nitrogens is 1. The van der Waals surface area contributed by atoms with E-state index >= 15 is 0 Å². The normalized spacial score (nSPS) is 10.9. The minimum Gasteiger partial charge on any atom is -0.460 e. The molecule has 3 rings (SSSR count). The van der Waals surface area contributed by atoms with Gasteiger partial charge < -0.3 is 9.14 Å². The zero-order valence-corrected chi connectivity index (χ0v) is 14.2. The Morgan fingerprint density at radius 3 is 2.61 bits per heavy atom. The van der Waals surface area contributed by atoms with E-state index in [4.69, 9.17) is 16.3 Å². The summed E-state index contributed by atoms with van der Waals surface area (Å²) in [5.74, 6) is -1.48. The number of fused-ring (bicyclic) bond motifs is 1. The second-order valence-corrected chi connectivity index (χ2v) is 6.34. The number of aryl methyl sites for hydroxylation is 1. The molecule has 118 valence electrons. The Bertz CT molecular complexity index is 893. The lowest BCUT2D eigenvalue weighted by atomic mass is 10.0. The van der Waals surface area contributed by atoms with Crippen LogP contribution in [0.15, 0.2) is 35.7 Å². The number of halogens is 1. The molecule has 4 nitrogen and oxygen atoms in total. The van der Waals surface area contributed by atoms with Crippen molar-refractivity contribution < 1.29 is 14.3 Å². The molecule has 0 amide bonds. The van der Waals surface area contributed by atoms with E-state index in [0.717, 1.165) is 16.1 Å². The molecule has 3 aromatic rings. The first kappa shape index (κ1) is 15.8. The molecule has 2 aromatic heterocycles. The van der Waals surface area contributed by atoms with Crippen LogP contribution in [0.25, 0.3) is 16.0 Å². The van der Waals surface area contributed by atoms with Crippen LogP contribution in [0.1, 0.15) is 23.1 Å². The highest BCUT2D eigenvalue weighted by Crippen LogP contribution is 2.32. The van der Waals surface area contributed by atoms with Crippen molar-refractivity contribution in [2.75, 3.05) is 6.61 Å². The molecular weight excluding hydrogens is 334 g/mol. The number of ether oxygens (including phenoxy) is 1. The van der Waals surface area contributed by atoms with E-state index in [1.807, 2.05) is 30.5 Å². The highest BCUT2D eigenvalue weighted by atomic mass is 35.5. The molecule has 6 heteroatoms. The van der Waals surface area contributed by atoms with Gasteiger partial charge in [-0.2, -0.15) is 0 Å². The van der Waals surface area contributed by atoms with Crippen molar-refractivity contribution in [2.45, 2.75) is 13.8 Å². The third kappa shape index (κ3) is 2.78. The van der Waals surface area contributed by atoms with Gasteiger partial charge in [-0.05, 0) is 37.6 Å². The number of Topliss-reactive ketones (excluding diaryl/α,β-unsaturated/α-hetero) is 1. The second-order valence-electron chi connectivity index (χ2n) is 5.01. The van der Waals surface area contributed by atoms with E-state index in [1.165, 1.54) is 11.3 Å². The number of rotatable bonds is 4. The average Bonchev–Trinajstić information content (AvgIpc) is 3.08. The monoisotopic (exact) mass is 347 g/mol. The van der Waals surface area contributed by atoms with Gasteiger partial charge >= 0.3 is 5.97 Å². The predicted octanol–water partition coefficient (Wildman–Crippen LogP) is 4.38. The van der Waals surface area contributed by atoms with E-state index in [9.17, 15) is 9.59 Å². The molecular formula is C17H14ClNO3S. The highest BCUT2D eigenvalue weighted by molar-refractivity contribution is 7.15. The lowest BCUT2D eigenvalue weighted by Gasteiger charge is -2.06. The lowest BCUT2D eigenvalue weighted by molar-refractivity contribution is -0.137. The molecule has 0 aliphatic heterocycles. The van der Waals surface area contributed by atoms with Crippen molar-refractivity contribution in [3.63, 3.8) is 0 Å². The van der Waals surface area contributed by atoms with E-state index in [2.05, 4.69) is 0 Å². The van der Waals surface area contributed by atoms with E-state index in [-0.39, 0.29) is 6.61 Å². The zero-order valence-electron chi connectivity index (χ0n) is 12.6. The van der Waals surface area contributed by atoms with Crippen LogP contribution in [0.4, 0.5) is 0 Å². The Kier molecular flexibility index (Phi) is 4.24. The number of hydrogen-bond donors (Lipinski definition) is 0. The predicted molar refractivity (Wildman–Crippen MR) is 91.4 cm³/mol. The topological polar surface area (TPSA) is 47.8 Å². The minimum absolute atomic E-state index is 0.165. The number of ketones is 1. The molecule has 23 heavy (non-hydrogen) atoms. The van der Waals surface area contributed by atoms with Crippen LogP contribution in [0.5, 0.6) is 0 Å². The first-order chi connectivity index (χ1) is 11.0. The molecule has 0 fully saturated rings. The summed E-state index contributed by atoms with van der Waals surface area (Å²) in [5.41, 5.74) is 2.77. The van der Waals surface area contributed by atoms with Gasteiger partial charge in [-0.1, -0.05) is 23.7 Å². The molecule has 0 aliphatic rings. The minimum atomic E-state index is -0.840. The van der Waals surface area contributed by atoms with Gasteiger partial charge in [-0.3, -0.25) is 4.79 Å². The molecule has 0 spiro atoms. The molecule has 0 N–H and O–H groups in total. The Morgan fingerprint density at radius 2 is 1.96 bits per heavy atom. The maximum absolute atomic E-state index is 12.6. The largest absolute Gasteiger partial charge is 0.460 e. The summed E-state index contributed by atoms with van der Waals surface area (Å²) in [7, 11) is 0. The molecule has 0 saturated carbocycles. The fourth-order valence-electron chi connectivity index (χ4n) is 2.49. The Hall–Kier alpha value is -2.11. The lowest BCUT2D eigenvalue weighted by Crippen LogP contribution is -2.20. The van der Waals surface area contributed by atoms with Crippen LogP contribution in [0.3, 0.4) is 0 Å². The van der Waals surface area contributed by atoms with Gasteiger partial charge in [0.2, 0.25) is 0 Å². The summed E-state index contributed by atoms with van der Waals surface area (Å²) < 4.78 is 6.68. The Morgan fingerprint density at radius 1 is 1.26 bits per heavy atom. The molecule has 2 heterocycles. The van der Waals surface area contributed by atoms with Crippen LogP contribution >= 0.6 is 22.9 Å². The van der Waals surface area contributed by atoms with Crippen LogP contribution in [0.2, 0.25) is 5.02 Å². The van der Waals surface area contributed by atoms with Gasteiger partial charge in [0, 0.05) is 21.7 Å². The van der Waals surface area contributed by atoms with Gasteiger partial charge in [0.05, 0.1) is 6.61 Å². The van der Waals surface area contributed by atoms with Gasteiger partial charge in [0.25, 0.3) is 5.78 Å². The molecule has 0 bridgehead atoms. The summed E-state index contributed by atoms with van der Waals surface area (Å²) in [6.45, 7) is 3.74. The standard InChI is InChI=1S/C17H14ClNO3S/c1-3-22-17(21)16(20)15-13(11-4-6-12(18)7-5-11)8-14-19(15)10(2)9-23-14/h4-9H,3H2,1-2H3. The second kappa shape index (κ2) is 6.18. The van der Waals surface area contributed by atoms with Crippen molar-refractivity contribution in [1.82, 2.24) is 4.40 Å². The van der Waals surface area contributed by atoms with Crippen LogP contribution in [-0.4, -0.2) is 22.8 Å². The third-order valence-corrected chi connectivity index (χ3v) is 4.75. The maximum atomic E-state index is 12.6. The number of hydrogen-bond acceptors (Lipinski definition) is 4. The van der Waals surface area contributed by atoms with E-state index in [1.54, 1.807) is 23.5 Å². The van der Waals surface area contributed by atoms with Gasteiger partial charge in [0.1, 0.15) is 10.5 Å². The fourth-order valence-corrected chi connectivity index (χ4v) is 3.54. The SMILES string of the molecule is CCOC(=O)C(=O)c1c(-c2ccc(Cl)cc2)cc2scc(C)n12. The number of carbonyl (C=O) groups is 2. The number of benzene rings is 1. The summed E-state index contributed by atoms with van der Waals surface area (Å²) in [4.78, 5) is 25.5. The highest BCUT2D eigenvalue weighted by Gasteiger charge is 2.27. The van der Waals surface area contributed by atoms with Gasteiger partial charge in [-0.15, -0.1) is 11.3 Å². The summed E-state index contributed by atoms with van der Waals surface area (Å²) in [6.07, 6.45) is 0. The molecule has 0 aliphatic carbocycles. The summed E-state index contributed by atoms with van der Waals surface area (Å²) in [6, 6.07) is 9.09. The Balaban J connectivity index is 2.22. The maximum Gasteiger partial charge on any atom is 0.381 e. The number of nitrogens with zero attached hydrogens (tertiary/aromatic N) is 1. The Labute approximate surface area is 142 Å². The van der Waals surface area contributed by atoms with Crippen LogP contribution in [0, 0.1) is 6.92 Å². The van der Waals surface area contributed by atoms with E-state index in [0.29, 0.717) is 16.3 Å². The summed E-state index contributed by atoms with van der Waals surface area (Å²) in [5, 5.41) is 2.56. The van der Waals surface area contributed by atoms with Crippen molar-refractivity contribution in [3.8, 4) is 11.1 Å². The molecule has 0 radical (unpaired) electrons. The van der Waals surface area contributed by atoms with Crippen molar-refractivity contribution in [3.05, 3.63) is 52.1 Å². The van der Waals surface area contributed by atoms with Crippen molar-refractivity contribution in [1.29, 1.82) is 0 Å². The number of carbonyl (C=O) groups excluding carboxylic acids is 2. The smallest absolute Gasteiger partial charge is 0.381 e. The van der Waals surface area contributed by atoms with Crippen molar-refractivity contribution >= 4 is 39.5 Å². The van der Waals surface area contributed by atoms with Gasteiger partial charge in [-0.25, -0.2) is 4.79 Å². The van der Waals surface area contributed by atoms with Gasteiger partial charge in [0.15, 0.2) is 0 Å². The first-order valence-corrected chi connectivity index (χ1v) is 8.35. The summed E-state index contributed by atoms with van der Waals surface area (Å²) >= 11 is 7.45. The van der Waals surface area contributed by atoms with Crippen LogP contribution in [-0.2, 0) is 9.53 Å². The molecule has 0 saturated heterocycles. The zero-order chi connectivity index (χ0) is 16.6. The molecule has 0 unspecified atom stereocenters. The van der Waals surface area contributed by atoms with Crippen molar-refractivity contribution in [2.24, 2.45) is 0 Å².